The third kappa shape index (κ3) is 3.84. The number of fused-ring (bicyclic) bond motifs is 1. The number of hydrogen-bond acceptors (Lipinski definition) is 4. The number of nitrogens with one attached hydrogen (secondary N) is 1. The molecule has 0 bridgehead atoms. The minimum atomic E-state index is -0.216. The van der Waals surface area contributed by atoms with Gasteiger partial charge in [0.05, 0.1) is 11.1 Å². The van der Waals surface area contributed by atoms with Gasteiger partial charge in [-0.2, -0.15) is 0 Å². The molecule has 146 valence electrons. The normalized spacial score (nSPS) is 19.9. The molecular weight excluding hydrogens is 357 g/mol. The van der Waals surface area contributed by atoms with E-state index in [1.54, 1.807) is 30.3 Å². The van der Waals surface area contributed by atoms with Crippen LogP contribution in [-0.4, -0.2) is 53.8 Å². The van der Waals surface area contributed by atoms with E-state index in [0.717, 1.165) is 25.9 Å². The van der Waals surface area contributed by atoms with Crippen LogP contribution in [0.5, 0.6) is 0 Å². The Hall–Kier alpha value is -2.57. The number of rotatable bonds is 6. The van der Waals surface area contributed by atoms with E-state index in [0.29, 0.717) is 36.3 Å². The molecule has 4 rings (SSSR count). The van der Waals surface area contributed by atoms with Crippen molar-refractivity contribution >= 4 is 11.8 Å². The van der Waals surface area contributed by atoms with Gasteiger partial charge in [0.1, 0.15) is 5.82 Å². The average Bonchev–Trinajstić information content (AvgIpc) is 2.95. The van der Waals surface area contributed by atoms with Gasteiger partial charge in [0.25, 0.3) is 11.8 Å². The Bertz CT molecular complexity index is 851. The molecule has 0 saturated carbocycles. The van der Waals surface area contributed by atoms with Crippen molar-refractivity contribution < 1.29 is 14.0 Å². The molecule has 1 fully saturated rings. The molecule has 2 aliphatic heterocycles. The molecule has 2 amide bonds. The molecule has 5 nitrogen and oxygen atoms in total. The third-order valence-corrected chi connectivity index (χ3v) is 5.50. The number of carbonyl (C=O) groups excluding carboxylic acids is 2. The summed E-state index contributed by atoms with van der Waals surface area (Å²) in [5.41, 5.74) is 1.69. The summed E-state index contributed by atoms with van der Waals surface area (Å²) < 4.78 is 13.9. The predicted octanol–water partition coefficient (Wildman–Crippen LogP) is 2.68. The molecule has 0 aliphatic carbocycles. The Morgan fingerprint density at radius 1 is 1.00 bits per heavy atom. The maximum atomic E-state index is 13.9. The number of benzene rings is 2. The minimum Gasteiger partial charge on any atom is -0.311 e. The van der Waals surface area contributed by atoms with Crippen LogP contribution >= 0.6 is 0 Å². The number of halogens is 1. The first-order valence-electron chi connectivity index (χ1n) is 9.78. The Labute approximate surface area is 164 Å². The second-order valence-corrected chi connectivity index (χ2v) is 7.43. The Morgan fingerprint density at radius 2 is 1.68 bits per heavy atom. The lowest BCUT2D eigenvalue weighted by Crippen LogP contribution is -2.47. The lowest BCUT2D eigenvalue weighted by Gasteiger charge is -2.33. The number of carbonyl (C=O) groups is 2. The van der Waals surface area contributed by atoms with Crippen molar-refractivity contribution in [2.75, 3.05) is 26.2 Å². The van der Waals surface area contributed by atoms with Gasteiger partial charge in [-0.1, -0.05) is 30.3 Å². The quantitative estimate of drug-likeness (QED) is 0.782. The van der Waals surface area contributed by atoms with Crippen LogP contribution in [0.4, 0.5) is 4.39 Å². The molecule has 2 aromatic rings. The molecule has 0 aromatic heterocycles. The van der Waals surface area contributed by atoms with Crippen LogP contribution in [-0.2, 0) is 6.54 Å². The molecule has 1 atom stereocenters. The molecule has 6 heteroatoms. The van der Waals surface area contributed by atoms with Gasteiger partial charge in [0, 0.05) is 37.8 Å². The van der Waals surface area contributed by atoms with Crippen LogP contribution in [0.1, 0.15) is 39.1 Å². The maximum Gasteiger partial charge on any atom is 0.261 e. The molecule has 0 radical (unpaired) electrons. The predicted molar refractivity (Wildman–Crippen MR) is 105 cm³/mol. The van der Waals surface area contributed by atoms with Crippen LogP contribution in [0.15, 0.2) is 48.5 Å². The first-order valence-corrected chi connectivity index (χ1v) is 9.78. The monoisotopic (exact) mass is 381 g/mol. The van der Waals surface area contributed by atoms with Gasteiger partial charge in [-0.25, -0.2) is 4.39 Å². The molecule has 2 aromatic carbocycles. The summed E-state index contributed by atoms with van der Waals surface area (Å²) in [5, 5.41) is 3.47. The van der Waals surface area contributed by atoms with Crippen molar-refractivity contribution in [1.29, 1.82) is 0 Å². The van der Waals surface area contributed by atoms with E-state index in [1.807, 2.05) is 12.1 Å². The summed E-state index contributed by atoms with van der Waals surface area (Å²) in [4.78, 5) is 28.4. The Morgan fingerprint density at radius 3 is 2.39 bits per heavy atom. The summed E-state index contributed by atoms with van der Waals surface area (Å²) in [5.74, 6) is -0.595. The SMILES string of the molecule is O=C1c2ccccc2C(=O)N1CCNC1CCCN(Cc2ccccc2F)C1. The highest BCUT2D eigenvalue weighted by molar-refractivity contribution is 6.21. The highest BCUT2D eigenvalue weighted by Gasteiger charge is 2.34. The van der Waals surface area contributed by atoms with Gasteiger partial charge >= 0.3 is 0 Å². The van der Waals surface area contributed by atoms with E-state index in [-0.39, 0.29) is 23.7 Å². The van der Waals surface area contributed by atoms with Crippen molar-refractivity contribution in [3.8, 4) is 0 Å². The lowest BCUT2D eigenvalue weighted by molar-refractivity contribution is 0.0652. The largest absolute Gasteiger partial charge is 0.311 e. The summed E-state index contributed by atoms with van der Waals surface area (Å²) in [6.07, 6.45) is 2.08. The van der Waals surface area contributed by atoms with Crippen LogP contribution in [0.3, 0.4) is 0 Å². The fraction of sp³-hybridized carbons (Fsp3) is 0.364. The zero-order valence-corrected chi connectivity index (χ0v) is 15.7. The summed E-state index contributed by atoms with van der Waals surface area (Å²) in [6.45, 7) is 3.30. The fourth-order valence-corrected chi connectivity index (χ4v) is 4.06. The van der Waals surface area contributed by atoms with Gasteiger partial charge < -0.3 is 5.32 Å². The molecule has 1 saturated heterocycles. The lowest BCUT2D eigenvalue weighted by atomic mass is 10.0. The maximum absolute atomic E-state index is 13.9. The number of likely N-dealkylation sites (tertiary alicyclic amines) is 1. The molecule has 1 unspecified atom stereocenters. The molecule has 0 spiro atoms. The Kier molecular flexibility index (Phi) is 5.50. The fourth-order valence-electron chi connectivity index (χ4n) is 4.06. The molecular formula is C22H24FN3O2. The number of nitrogens with zero attached hydrogens (tertiary/aromatic N) is 2. The smallest absolute Gasteiger partial charge is 0.261 e. The topological polar surface area (TPSA) is 52.7 Å². The van der Waals surface area contributed by atoms with Gasteiger partial charge in [0.2, 0.25) is 0 Å². The Balaban J connectivity index is 1.28. The first-order chi connectivity index (χ1) is 13.6. The zero-order chi connectivity index (χ0) is 19.5. The molecule has 1 N–H and O–H groups in total. The highest BCUT2D eigenvalue weighted by Crippen LogP contribution is 2.22. The van der Waals surface area contributed by atoms with E-state index in [1.165, 1.54) is 11.0 Å². The second kappa shape index (κ2) is 8.20. The second-order valence-electron chi connectivity index (χ2n) is 7.43. The van der Waals surface area contributed by atoms with E-state index in [2.05, 4.69) is 10.2 Å². The van der Waals surface area contributed by atoms with Crippen LogP contribution in [0, 0.1) is 5.82 Å². The molecule has 2 aliphatic rings. The molecule has 28 heavy (non-hydrogen) atoms. The highest BCUT2D eigenvalue weighted by atomic mass is 19.1. The number of hydrogen-bond donors (Lipinski definition) is 1. The van der Waals surface area contributed by atoms with Crippen LogP contribution in [0.2, 0.25) is 0 Å². The minimum absolute atomic E-state index is 0.164. The van der Waals surface area contributed by atoms with Gasteiger partial charge in [-0.05, 0) is 37.6 Å². The van der Waals surface area contributed by atoms with E-state index in [4.69, 9.17) is 0 Å². The summed E-state index contributed by atoms with van der Waals surface area (Å²) in [6, 6.07) is 14.1. The van der Waals surface area contributed by atoms with Gasteiger partial charge in [-0.15, -0.1) is 0 Å². The van der Waals surface area contributed by atoms with Crippen molar-refractivity contribution in [3.05, 3.63) is 71.0 Å². The van der Waals surface area contributed by atoms with Crippen LogP contribution in [0.25, 0.3) is 0 Å². The van der Waals surface area contributed by atoms with Crippen molar-refractivity contribution in [2.45, 2.75) is 25.4 Å². The average molecular weight is 381 g/mol. The van der Waals surface area contributed by atoms with Crippen LogP contribution < -0.4 is 5.32 Å². The molecule has 2 heterocycles. The van der Waals surface area contributed by atoms with Crippen molar-refractivity contribution in [1.82, 2.24) is 15.1 Å². The van der Waals surface area contributed by atoms with Gasteiger partial charge in [-0.3, -0.25) is 19.4 Å². The number of imide groups is 1. The summed E-state index contributed by atoms with van der Waals surface area (Å²) in [7, 11) is 0. The van der Waals surface area contributed by atoms with Gasteiger partial charge in [0.15, 0.2) is 0 Å². The van der Waals surface area contributed by atoms with E-state index in [9.17, 15) is 14.0 Å². The zero-order valence-electron chi connectivity index (χ0n) is 15.7. The first kappa shape index (κ1) is 18.8. The van der Waals surface area contributed by atoms with E-state index < -0.39 is 0 Å². The number of amides is 2. The number of piperidine rings is 1. The van der Waals surface area contributed by atoms with E-state index >= 15 is 0 Å². The van der Waals surface area contributed by atoms with Crippen molar-refractivity contribution in [2.24, 2.45) is 0 Å². The standard InChI is InChI=1S/C22H24FN3O2/c23-20-10-4-1-6-16(20)14-25-12-5-7-17(15-25)24-11-13-26-21(27)18-8-2-3-9-19(18)22(26)28/h1-4,6,8-10,17,24H,5,7,11-15H2. The van der Waals surface area contributed by atoms with Crippen molar-refractivity contribution in [3.63, 3.8) is 0 Å². The third-order valence-electron chi connectivity index (χ3n) is 5.50. The summed E-state index contributed by atoms with van der Waals surface area (Å²) >= 11 is 0.